The van der Waals surface area contributed by atoms with Crippen molar-refractivity contribution in [2.45, 2.75) is 38.8 Å². The molecule has 100 valence electrons. The topological polar surface area (TPSA) is 41.5 Å². The molecule has 1 aromatic rings. The van der Waals surface area contributed by atoms with Crippen LogP contribution in [0, 0.1) is 13.8 Å². The first-order valence-corrected chi connectivity index (χ1v) is 7.10. The van der Waals surface area contributed by atoms with Crippen LogP contribution in [0.1, 0.15) is 35.6 Å². The molecule has 1 heterocycles. The third-order valence-electron chi connectivity index (χ3n) is 3.69. The number of aliphatic hydroxyl groups excluding tert-OH is 1. The lowest BCUT2D eigenvalue weighted by atomic mass is 9.94. The Morgan fingerprint density at radius 3 is 2.78 bits per heavy atom. The average Bonchev–Trinajstić information content (AvgIpc) is 2.86. The van der Waals surface area contributed by atoms with Crippen LogP contribution in [-0.4, -0.2) is 24.8 Å². The van der Waals surface area contributed by atoms with Crippen molar-refractivity contribution < 1.29 is 9.84 Å². The zero-order valence-corrected chi connectivity index (χ0v) is 12.7. The van der Waals surface area contributed by atoms with Gasteiger partial charge < -0.3 is 15.2 Å². The molecule has 2 atom stereocenters. The predicted octanol–water partition coefficient (Wildman–Crippen LogP) is 2.86. The summed E-state index contributed by atoms with van der Waals surface area (Å²) in [7, 11) is 1.66. The average molecular weight is 314 g/mol. The van der Waals surface area contributed by atoms with Crippen LogP contribution in [-0.2, 0) is 0 Å². The summed E-state index contributed by atoms with van der Waals surface area (Å²) in [5.74, 6) is 0.803. The number of rotatable bonds is 3. The van der Waals surface area contributed by atoms with Crippen LogP contribution in [0.15, 0.2) is 10.5 Å². The van der Waals surface area contributed by atoms with E-state index >= 15 is 0 Å². The summed E-state index contributed by atoms with van der Waals surface area (Å²) < 4.78 is 6.51. The van der Waals surface area contributed by atoms with Gasteiger partial charge in [-0.1, -0.05) is 15.9 Å². The van der Waals surface area contributed by atoms with Gasteiger partial charge in [0.1, 0.15) is 5.75 Å². The fourth-order valence-corrected chi connectivity index (χ4v) is 3.24. The Bertz CT molecular complexity index is 442. The van der Waals surface area contributed by atoms with Crippen molar-refractivity contribution in [3.8, 4) is 5.75 Å². The highest BCUT2D eigenvalue weighted by molar-refractivity contribution is 9.10. The van der Waals surface area contributed by atoms with Gasteiger partial charge >= 0.3 is 0 Å². The Kier molecular flexibility index (Phi) is 4.30. The molecule has 0 aliphatic carbocycles. The second-order valence-corrected chi connectivity index (χ2v) is 5.75. The molecule has 0 bridgehead atoms. The summed E-state index contributed by atoms with van der Waals surface area (Å²) in [6, 6.07) is 2.17. The molecule has 3 nitrogen and oxygen atoms in total. The summed E-state index contributed by atoms with van der Waals surface area (Å²) in [5.41, 5.74) is 3.00. The number of halogens is 1. The SMILES string of the molecule is COc1c(C)cc(Br)c(C)c1C(O)C1CCCN1. The van der Waals surface area contributed by atoms with Crippen LogP contribution in [0.5, 0.6) is 5.75 Å². The molecule has 1 aliphatic heterocycles. The molecule has 1 saturated heterocycles. The van der Waals surface area contributed by atoms with Crippen molar-refractivity contribution in [2.24, 2.45) is 0 Å². The number of aliphatic hydroxyl groups is 1. The lowest BCUT2D eigenvalue weighted by molar-refractivity contribution is 0.133. The summed E-state index contributed by atoms with van der Waals surface area (Å²) in [6.07, 6.45) is 1.62. The molecular formula is C14H20BrNO2. The number of methoxy groups -OCH3 is 1. The first-order chi connectivity index (χ1) is 8.56. The largest absolute Gasteiger partial charge is 0.496 e. The maximum absolute atomic E-state index is 10.6. The maximum atomic E-state index is 10.6. The standard InChI is InChI=1S/C14H20BrNO2/c1-8-7-10(15)9(2)12(14(8)18-3)13(17)11-5-4-6-16-11/h7,11,13,16-17H,4-6H2,1-3H3. The van der Waals surface area contributed by atoms with Gasteiger partial charge in [-0.15, -0.1) is 0 Å². The monoisotopic (exact) mass is 313 g/mol. The Morgan fingerprint density at radius 2 is 2.22 bits per heavy atom. The van der Waals surface area contributed by atoms with Crippen LogP contribution in [0.25, 0.3) is 0 Å². The van der Waals surface area contributed by atoms with E-state index in [4.69, 9.17) is 4.74 Å². The van der Waals surface area contributed by atoms with E-state index in [9.17, 15) is 5.11 Å². The summed E-state index contributed by atoms with van der Waals surface area (Å²) >= 11 is 3.55. The smallest absolute Gasteiger partial charge is 0.127 e. The fraction of sp³-hybridized carbons (Fsp3) is 0.571. The van der Waals surface area contributed by atoms with Gasteiger partial charge in [0.05, 0.1) is 13.2 Å². The molecule has 2 rings (SSSR count). The van der Waals surface area contributed by atoms with E-state index in [0.29, 0.717) is 0 Å². The molecule has 1 fully saturated rings. The minimum Gasteiger partial charge on any atom is -0.496 e. The summed E-state index contributed by atoms with van der Waals surface area (Å²) in [4.78, 5) is 0. The zero-order valence-electron chi connectivity index (χ0n) is 11.1. The number of benzene rings is 1. The molecule has 0 saturated carbocycles. The molecule has 1 aliphatic rings. The van der Waals surface area contributed by atoms with Crippen LogP contribution in [0.2, 0.25) is 0 Å². The van der Waals surface area contributed by atoms with Crippen molar-refractivity contribution in [2.75, 3.05) is 13.7 Å². The summed E-state index contributed by atoms with van der Waals surface area (Å²) in [6.45, 7) is 5.00. The molecule has 2 unspecified atom stereocenters. The van der Waals surface area contributed by atoms with Crippen LogP contribution >= 0.6 is 15.9 Å². The first kappa shape index (κ1) is 13.8. The van der Waals surface area contributed by atoms with Crippen molar-refractivity contribution in [3.63, 3.8) is 0 Å². The summed E-state index contributed by atoms with van der Waals surface area (Å²) in [5, 5.41) is 14.0. The van der Waals surface area contributed by atoms with Gasteiger partial charge in [-0.2, -0.15) is 0 Å². The second kappa shape index (κ2) is 5.59. The van der Waals surface area contributed by atoms with Gasteiger partial charge in [-0.25, -0.2) is 0 Å². The van der Waals surface area contributed by atoms with Crippen molar-refractivity contribution in [1.82, 2.24) is 5.32 Å². The van der Waals surface area contributed by atoms with Gasteiger partial charge in [0.15, 0.2) is 0 Å². The molecule has 0 spiro atoms. The van der Waals surface area contributed by atoms with Crippen LogP contribution in [0.4, 0.5) is 0 Å². The van der Waals surface area contributed by atoms with E-state index in [0.717, 1.165) is 46.3 Å². The highest BCUT2D eigenvalue weighted by Gasteiger charge is 2.29. The number of ether oxygens (including phenoxy) is 1. The van der Waals surface area contributed by atoms with E-state index in [-0.39, 0.29) is 6.04 Å². The van der Waals surface area contributed by atoms with Gasteiger partial charge in [-0.05, 0) is 50.4 Å². The van der Waals surface area contributed by atoms with Gasteiger partial charge in [-0.3, -0.25) is 0 Å². The normalized spacial score (nSPS) is 21.1. The highest BCUT2D eigenvalue weighted by atomic mass is 79.9. The minimum absolute atomic E-state index is 0.131. The molecule has 0 aromatic heterocycles. The lowest BCUT2D eigenvalue weighted by Gasteiger charge is -2.24. The Labute approximate surface area is 117 Å². The van der Waals surface area contributed by atoms with E-state index in [2.05, 4.69) is 21.2 Å². The van der Waals surface area contributed by atoms with E-state index < -0.39 is 6.10 Å². The van der Waals surface area contributed by atoms with Gasteiger partial charge in [0.25, 0.3) is 0 Å². The van der Waals surface area contributed by atoms with E-state index in [1.807, 2.05) is 19.9 Å². The predicted molar refractivity (Wildman–Crippen MR) is 76.2 cm³/mol. The molecule has 4 heteroatoms. The molecule has 2 N–H and O–H groups in total. The third-order valence-corrected chi connectivity index (χ3v) is 4.51. The van der Waals surface area contributed by atoms with Crippen LogP contribution in [0.3, 0.4) is 0 Å². The lowest BCUT2D eigenvalue weighted by Crippen LogP contribution is -2.29. The highest BCUT2D eigenvalue weighted by Crippen LogP contribution is 2.38. The maximum Gasteiger partial charge on any atom is 0.127 e. The second-order valence-electron chi connectivity index (χ2n) is 4.89. The first-order valence-electron chi connectivity index (χ1n) is 6.31. The van der Waals surface area contributed by atoms with Crippen molar-refractivity contribution >= 4 is 15.9 Å². The van der Waals surface area contributed by atoms with E-state index in [1.165, 1.54) is 0 Å². The number of aryl methyl sites for hydroxylation is 1. The van der Waals surface area contributed by atoms with Gasteiger partial charge in [0, 0.05) is 16.1 Å². The number of nitrogens with one attached hydrogen (secondary N) is 1. The van der Waals surface area contributed by atoms with Crippen molar-refractivity contribution in [3.05, 3.63) is 27.2 Å². The zero-order chi connectivity index (χ0) is 13.3. The fourth-order valence-electron chi connectivity index (χ4n) is 2.68. The van der Waals surface area contributed by atoms with Gasteiger partial charge in [0.2, 0.25) is 0 Å². The number of hydrogen-bond acceptors (Lipinski definition) is 3. The Hall–Kier alpha value is -0.580. The molecule has 0 radical (unpaired) electrons. The Balaban J connectivity index is 2.46. The third kappa shape index (κ3) is 2.42. The number of hydrogen-bond donors (Lipinski definition) is 2. The molecular weight excluding hydrogens is 294 g/mol. The molecule has 18 heavy (non-hydrogen) atoms. The quantitative estimate of drug-likeness (QED) is 0.901. The molecule has 0 amide bonds. The van der Waals surface area contributed by atoms with E-state index in [1.54, 1.807) is 7.11 Å². The van der Waals surface area contributed by atoms with Crippen molar-refractivity contribution in [1.29, 1.82) is 0 Å². The Morgan fingerprint density at radius 1 is 1.50 bits per heavy atom. The molecule has 1 aromatic carbocycles. The van der Waals surface area contributed by atoms with Crippen LogP contribution < -0.4 is 10.1 Å². The minimum atomic E-state index is -0.515.